The maximum absolute atomic E-state index is 12.0. The number of nitrogens with one attached hydrogen (secondary N) is 1. The van der Waals surface area contributed by atoms with Gasteiger partial charge in [0.1, 0.15) is 6.61 Å². The van der Waals surface area contributed by atoms with Crippen molar-refractivity contribution in [3.05, 3.63) is 60.2 Å². The van der Waals surface area contributed by atoms with Gasteiger partial charge in [0.25, 0.3) is 5.91 Å². The number of anilines is 1. The topological polar surface area (TPSA) is 86.2 Å². The van der Waals surface area contributed by atoms with Gasteiger partial charge in [-0.25, -0.2) is 0 Å². The van der Waals surface area contributed by atoms with Crippen LogP contribution in [0, 0.1) is 0 Å². The van der Waals surface area contributed by atoms with Gasteiger partial charge in [-0.15, -0.1) is 0 Å². The van der Waals surface area contributed by atoms with Crippen molar-refractivity contribution in [3.8, 4) is 11.5 Å². The van der Waals surface area contributed by atoms with E-state index in [1.165, 1.54) is 6.20 Å². The number of ether oxygens (including phenoxy) is 2. The fourth-order valence-electron chi connectivity index (χ4n) is 1.97. The van der Waals surface area contributed by atoms with E-state index in [1.807, 2.05) is 12.1 Å². The first-order chi connectivity index (χ1) is 11.8. The summed E-state index contributed by atoms with van der Waals surface area (Å²) in [5.41, 5.74) is 1.78. The molecule has 1 aromatic carbocycles. The Labute approximate surface area is 142 Å². The number of rotatable bonds is 6. The molecule has 0 fully saturated rings. The van der Waals surface area contributed by atoms with Gasteiger partial charge in [0.15, 0.2) is 17.2 Å². The average molecular weight is 342 g/mol. The largest absolute Gasteiger partial charge is 0.493 e. The molecule has 0 spiro atoms. The summed E-state index contributed by atoms with van der Waals surface area (Å²) in [7, 11) is 1.56. The van der Waals surface area contributed by atoms with E-state index in [2.05, 4.69) is 19.0 Å². The summed E-state index contributed by atoms with van der Waals surface area (Å²) in [4.78, 5) is 16.1. The summed E-state index contributed by atoms with van der Waals surface area (Å²) in [6, 6.07) is 8.92. The van der Waals surface area contributed by atoms with Crippen molar-refractivity contribution in [1.82, 2.24) is 13.7 Å². The molecule has 1 N–H and O–H groups in total. The average Bonchev–Trinajstić information content (AvgIpc) is 3.16. The first-order valence-corrected chi connectivity index (χ1v) is 7.78. The van der Waals surface area contributed by atoms with Gasteiger partial charge in [-0.2, -0.15) is 8.75 Å². The lowest BCUT2D eigenvalue weighted by molar-refractivity contribution is 0.102. The number of carbonyl (C=O) groups excluding carboxylic acids is 1. The van der Waals surface area contributed by atoms with Crippen molar-refractivity contribution < 1.29 is 14.3 Å². The van der Waals surface area contributed by atoms with E-state index in [0.717, 1.165) is 17.3 Å². The number of aromatic nitrogens is 3. The Bertz CT molecular complexity index is 809. The number of hydrogen-bond acceptors (Lipinski definition) is 7. The van der Waals surface area contributed by atoms with Gasteiger partial charge in [-0.1, -0.05) is 6.07 Å². The number of benzene rings is 1. The standard InChI is InChI=1S/C16H14N4O3S/c1-22-14-5-4-12(19-16(21)13-9-18-24-20-13)7-15(14)23-10-11-3-2-6-17-8-11/h2-9H,10H2,1H3,(H,19,21). The van der Waals surface area contributed by atoms with E-state index in [0.29, 0.717) is 23.8 Å². The molecule has 7 nitrogen and oxygen atoms in total. The van der Waals surface area contributed by atoms with Crippen molar-refractivity contribution in [2.24, 2.45) is 0 Å². The van der Waals surface area contributed by atoms with Crippen molar-refractivity contribution >= 4 is 23.3 Å². The molecule has 0 saturated carbocycles. The number of carbonyl (C=O) groups is 1. The van der Waals surface area contributed by atoms with E-state index in [9.17, 15) is 4.79 Å². The minimum absolute atomic E-state index is 0.272. The SMILES string of the molecule is COc1ccc(NC(=O)c2cnsn2)cc1OCc1cccnc1. The molecule has 0 unspecified atom stereocenters. The Morgan fingerprint density at radius 3 is 2.88 bits per heavy atom. The van der Waals surface area contributed by atoms with Crippen LogP contribution < -0.4 is 14.8 Å². The summed E-state index contributed by atoms with van der Waals surface area (Å²) >= 11 is 0.982. The molecule has 0 bridgehead atoms. The van der Waals surface area contributed by atoms with Crippen LogP contribution in [-0.2, 0) is 6.61 Å². The minimum atomic E-state index is -0.327. The third-order valence-electron chi connectivity index (χ3n) is 3.13. The van der Waals surface area contributed by atoms with Crippen LogP contribution >= 0.6 is 11.7 Å². The summed E-state index contributed by atoms with van der Waals surface area (Å²) in [5, 5.41) is 2.75. The molecule has 3 rings (SSSR count). The van der Waals surface area contributed by atoms with Gasteiger partial charge < -0.3 is 14.8 Å². The number of nitrogens with zero attached hydrogens (tertiary/aromatic N) is 3. The first-order valence-electron chi connectivity index (χ1n) is 7.05. The van der Waals surface area contributed by atoms with Crippen LogP contribution in [0.4, 0.5) is 5.69 Å². The molecule has 0 aliphatic rings. The molecule has 24 heavy (non-hydrogen) atoms. The predicted octanol–water partition coefficient (Wildman–Crippen LogP) is 2.77. The van der Waals surface area contributed by atoms with Gasteiger partial charge in [-0.05, 0) is 18.2 Å². The highest BCUT2D eigenvalue weighted by molar-refractivity contribution is 6.99. The van der Waals surface area contributed by atoms with Crippen LogP contribution in [0.5, 0.6) is 11.5 Å². The second kappa shape index (κ2) is 7.51. The van der Waals surface area contributed by atoms with Crippen molar-refractivity contribution in [2.45, 2.75) is 6.61 Å². The number of amides is 1. The van der Waals surface area contributed by atoms with Crippen LogP contribution in [0.2, 0.25) is 0 Å². The predicted molar refractivity (Wildman–Crippen MR) is 89.4 cm³/mol. The molecule has 0 radical (unpaired) electrons. The maximum atomic E-state index is 12.0. The summed E-state index contributed by atoms with van der Waals surface area (Å²) in [5.74, 6) is 0.773. The van der Waals surface area contributed by atoms with Gasteiger partial charge in [0.05, 0.1) is 25.0 Å². The van der Waals surface area contributed by atoms with Gasteiger partial charge in [-0.3, -0.25) is 9.78 Å². The van der Waals surface area contributed by atoms with Crippen LogP contribution in [0.25, 0.3) is 0 Å². The highest BCUT2D eigenvalue weighted by Crippen LogP contribution is 2.31. The molecule has 8 heteroatoms. The Hall–Kier alpha value is -3.00. The number of methoxy groups -OCH3 is 1. The number of pyridine rings is 1. The van der Waals surface area contributed by atoms with Gasteiger partial charge >= 0.3 is 0 Å². The highest BCUT2D eigenvalue weighted by Gasteiger charge is 2.12. The van der Waals surface area contributed by atoms with Crippen molar-refractivity contribution in [1.29, 1.82) is 0 Å². The zero-order valence-corrected chi connectivity index (χ0v) is 13.6. The lowest BCUT2D eigenvalue weighted by Crippen LogP contribution is -2.12. The van der Waals surface area contributed by atoms with Gasteiger partial charge in [0, 0.05) is 29.7 Å². The first kappa shape index (κ1) is 15.9. The normalized spacial score (nSPS) is 10.2. The van der Waals surface area contributed by atoms with E-state index in [4.69, 9.17) is 9.47 Å². The lowest BCUT2D eigenvalue weighted by atomic mass is 10.2. The molecule has 0 aliphatic carbocycles. The van der Waals surface area contributed by atoms with E-state index in [1.54, 1.807) is 37.7 Å². The minimum Gasteiger partial charge on any atom is -0.493 e. The second-order valence-corrected chi connectivity index (χ2v) is 5.32. The molecule has 122 valence electrons. The van der Waals surface area contributed by atoms with E-state index >= 15 is 0 Å². The molecule has 2 aromatic heterocycles. The number of hydrogen-bond donors (Lipinski definition) is 1. The van der Waals surface area contributed by atoms with E-state index in [-0.39, 0.29) is 11.6 Å². The molecule has 2 heterocycles. The molecule has 0 saturated heterocycles. The quantitative estimate of drug-likeness (QED) is 0.741. The third-order valence-corrected chi connectivity index (χ3v) is 3.61. The van der Waals surface area contributed by atoms with Crippen molar-refractivity contribution in [2.75, 3.05) is 12.4 Å². The van der Waals surface area contributed by atoms with Crippen LogP contribution in [0.1, 0.15) is 16.1 Å². The molecular formula is C16H14N4O3S. The Balaban J connectivity index is 1.74. The fourth-order valence-corrected chi connectivity index (χ4v) is 2.38. The zero-order valence-electron chi connectivity index (χ0n) is 12.8. The molecule has 0 aliphatic heterocycles. The maximum Gasteiger partial charge on any atom is 0.277 e. The highest BCUT2D eigenvalue weighted by atomic mass is 32.1. The third kappa shape index (κ3) is 3.85. The molecule has 1 amide bonds. The Morgan fingerprint density at radius 2 is 2.17 bits per heavy atom. The molecular weight excluding hydrogens is 328 g/mol. The Kier molecular flexibility index (Phi) is 4.97. The smallest absolute Gasteiger partial charge is 0.277 e. The summed E-state index contributed by atoms with van der Waals surface area (Å²) in [6.45, 7) is 0.345. The zero-order chi connectivity index (χ0) is 16.8. The van der Waals surface area contributed by atoms with E-state index < -0.39 is 0 Å². The molecule has 0 atom stereocenters. The molecule has 3 aromatic rings. The van der Waals surface area contributed by atoms with Crippen LogP contribution in [-0.4, -0.2) is 26.7 Å². The van der Waals surface area contributed by atoms with Crippen LogP contribution in [0.3, 0.4) is 0 Å². The van der Waals surface area contributed by atoms with Gasteiger partial charge in [0.2, 0.25) is 0 Å². The van der Waals surface area contributed by atoms with Crippen LogP contribution in [0.15, 0.2) is 48.9 Å². The second-order valence-electron chi connectivity index (χ2n) is 4.76. The summed E-state index contributed by atoms with van der Waals surface area (Å²) < 4.78 is 18.8. The summed E-state index contributed by atoms with van der Waals surface area (Å²) in [6.07, 6.45) is 4.85. The Morgan fingerprint density at radius 1 is 1.25 bits per heavy atom. The lowest BCUT2D eigenvalue weighted by Gasteiger charge is -2.12. The monoisotopic (exact) mass is 342 g/mol. The van der Waals surface area contributed by atoms with Crippen molar-refractivity contribution in [3.63, 3.8) is 0 Å². The fraction of sp³-hybridized carbons (Fsp3) is 0.125.